The van der Waals surface area contributed by atoms with Crippen LogP contribution in [0.3, 0.4) is 0 Å². The summed E-state index contributed by atoms with van der Waals surface area (Å²) in [4.78, 5) is 36.5. The van der Waals surface area contributed by atoms with Crippen LogP contribution in [0.25, 0.3) is 6.08 Å². The highest BCUT2D eigenvalue weighted by atomic mass is 35.5. The lowest BCUT2D eigenvalue weighted by Crippen LogP contribution is -2.48. The Kier molecular flexibility index (Phi) is 12.6. The molecule has 8 nitrogen and oxygen atoms in total. The van der Waals surface area contributed by atoms with Gasteiger partial charge in [0, 0.05) is 18.9 Å². The SMILES string of the molecule is COc1ccc(C[C@@H](NC(=O)/C=C/C[C@H](O)[C@@H](C)/C=C/c2ccccc2)C(=O)NC[C@H](C)C(=O)O)cc1Cl. The Morgan fingerprint density at radius 2 is 1.82 bits per heavy atom. The monoisotopic (exact) mass is 542 g/mol. The van der Waals surface area contributed by atoms with Crippen molar-refractivity contribution in [2.45, 2.75) is 38.8 Å². The number of carbonyl (C=O) groups excluding carboxylic acids is 2. The number of aliphatic hydroxyl groups is 1. The smallest absolute Gasteiger partial charge is 0.308 e. The molecule has 204 valence electrons. The normalized spacial score (nSPS) is 14.6. The lowest BCUT2D eigenvalue weighted by atomic mass is 10.00. The molecule has 9 heteroatoms. The van der Waals surface area contributed by atoms with Gasteiger partial charge >= 0.3 is 5.97 Å². The molecule has 4 atom stereocenters. The first kappa shape index (κ1) is 30.6. The Balaban J connectivity index is 2.01. The quantitative estimate of drug-likeness (QED) is 0.269. The maximum atomic E-state index is 12.8. The number of halogens is 1. The fourth-order valence-electron chi connectivity index (χ4n) is 3.45. The fourth-order valence-corrected chi connectivity index (χ4v) is 3.73. The molecule has 0 aromatic heterocycles. The molecule has 0 saturated heterocycles. The van der Waals surface area contributed by atoms with Crippen LogP contribution in [0.1, 0.15) is 31.4 Å². The molecule has 0 unspecified atom stereocenters. The van der Waals surface area contributed by atoms with Gasteiger partial charge in [0.1, 0.15) is 11.8 Å². The van der Waals surface area contributed by atoms with Crippen LogP contribution in [0.4, 0.5) is 0 Å². The largest absolute Gasteiger partial charge is 0.495 e. The van der Waals surface area contributed by atoms with Crippen LogP contribution in [0, 0.1) is 11.8 Å². The van der Waals surface area contributed by atoms with E-state index in [1.165, 1.54) is 20.1 Å². The standard InChI is InChI=1S/C29H35ClN2O6/c1-19(12-13-21-8-5-4-6-9-21)25(33)10-7-11-27(34)32-24(28(35)31-18-20(2)29(36)37)17-22-14-15-26(38-3)23(30)16-22/h4-9,11-16,19-20,24-25,33H,10,17-18H2,1-3H3,(H,31,35)(H,32,34)(H,36,37)/b11-7+,13-12+/t19-,20-,24+,25-/m0/s1. The van der Waals surface area contributed by atoms with E-state index in [9.17, 15) is 19.5 Å². The highest BCUT2D eigenvalue weighted by Gasteiger charge is 2.22. The molecule has 0 radical (unpaired) electrons. The second-order valence-corrected chi connectivity index (χ2v) is 9.46. The van der Waals surface area contributed by atoms with Gasteiger partial charge in [-0.2, -0.15) is 0 Å². The van der Waals surface area contributed by atoms with Gasteiger partial charge in [0.2, 0.25) is 11.8 Å². The molecule has 2 aromatic rings. The number of aliphatic carboxylic acids is 1. The molecule has 0 spiro atoms. The molecular formula is C29H35ClN2O6. The van der Waals surface area contributed by atoms with Gasteiger partial charge < -0.3 is 25.6 Å². The maximum Gasteiger partial charge on any atom is 0.308 e. The van der Waals surface area contributed by atoms with E-state index in [1.54, 1.807) is 24.3 Å². The third-order valence-corrected chi connectivity index (χ3v) is 6.23. The predicted molar refractivity (Wildman–Crippen MR) is 148 cm³/mol. The second kappa shape index (κ2) is 15.6. The Morgan fingerprint density at radius 3 is 2.45 bits per heavy atom. The van der Waals surface area contributed by atoms with Crippen molar-refractivity contribution in [1.82, 2.24) is 10.6 Å². The molecule has 0 heterocycles. The average Bonchev–Trinajstić information content (AvgIpc) is 2.90. The van der Waals surface area contributed by atoms with Crippen LogP contribution in [-0.2, 0) is 20.8 Å². The molecule has 38 heavy (non-hydrogen) atoms. The number of nitrogens with one attached hydrogen (secondary N) is 2. The van der Waals surface area contributed by atoms with E-state index in [0.717, 1.165) is 5.56 Å². The van der Waals surface area contributed by atoms with E-state index >= 15 is 0 Å². The predicted octanol–water partition coefficient (Wildman–Crippen LogP) is 3.87. The van der Waals surface area contributed by atoms with Crippen LogP contribution in [-0.4, -0.2) is 53.8 Å². The van der Waals surface area contributed by atoms with Crippen molar-refractivity contribution >= 4 is 35.5 Å². The van der Waals surface area contributed by atoms with E-state index in [4.69, 9.17) is 21.4 Å². The minimum atomic E-state index is -1.04. The number of amides is 2. The summed E-state index contributed by atoms with van der Waals surface area (Å²) < 4.78 is 5.15. The fraction of sp³-hybridized carbons (Fsp3) is 0.345. The van der Waals surface area contributed by atoms with Crippen LogP contribution in [0.2, 0.25) is 5.02 Å². The van der Waals surface area contributed by atoms with E-state index in [-0.39, 0.29) is 25.3 Å². The van der Waals surface area contributed by atoms with Crippen molar-refractivity contribution in [2.24, 2.45) is 11.8 Å². The number of aliphatic hydroxyl groups excluding tert-OH is 1. The number of carboxylic acids is 1. The molecule has 2 amide bonds. The lowest BCUT2D eigenvalue weighted by molar-refractivity contribution is -0.141. The van der Waals surface area contributed by atoms with Crippen molar-refractivity contribution < 1.29 is 29.3 Å². The van der Waals surface area contributed by atoms with Crippen molar-refractivity contribution in [3.63, 3.8) is 0 Å². The Labute approximate surface area is 228 Å². The second-order valence-electron chi connectivity index (χ2n) is 9.05. The molecule has 0 aliphatic rings. The first-order valence-electron chi connectivity index (χ1n) is 12.3. The molecule has 0 saturated carbocycles. The van der Waals surface area contributed by atoms with Crippen LogP contribution in [0.15, 0.2) is 66.8 Å². The average molecular weight is 543 g/mol. The summed E-state index contributed by atoms with van der Waals surface area (Å²) in [7, 11) is 1.49. The Morgan fingerprint density at radius 1 is 1.11 bits per heavy atom. The summed E-state index contributed by atoms with van der Waals surface area (Å²) >= 11 is 6.20. The van der Waals surface area contributed by atoms with Crippen molar-refractivity contribution in [2.75, 3.05) is 13.7 Å². The number of carbonyl (C=O) groups is 3. The highest BCUT2D eigenvalue weighted by Crippen LogP contribution is 2.25. The van der Waals surface area contributed by atoms with E-state index in [0.29, 0.717) is 16.3 Å². The van der Waals surface area contributed by atoms with Crippen LogP contribution in [0.5, 0.6) is 5.75 Å². The summed E-state index contributed by atoms with van der Waals surface area (Å²) in [5, 5.41) is 25.1. The third-order valence-electron chi connectivity index (χ3n) is 5.94. The Hall–Kier alpha value is -3.62. The van der Waals surface area contributed by atoms with Crippen LogP contribution >= 0.6 is 11.6 Å². The molecule has 2 rings (SSSR count). The highest BCUT2D eigenvalue weighted by molar-refractivity contribution is 6.32. The molecule has 0 fully saturated rings. The third kappa shape index (κ3) is 10.4. The first-order chi connectivity index (χ1) is 18.1. The van der Waals surface area contributed by atoms with Gasteiger partial charge in [0.25, 0.3) is 0 Å². The Bertz CT molecular complexity index is 1140. The summed E-state index contributed by atoms with van der Waals surface area (Å²) in [6.07, 6.45) is 6.35. The van der Waals surface area contributed by atoms with Gasteiger partial charge in [-0.1, -0.05) is 80.1 Å². The molecular weight excluding hydrogens is 508 g/mol. The van der Waals surface area contributed by atoms with Gasteiger partial charge in [0.05, 0.1) is 24.2 Å². The number of hydrogen-bond acceptors (Lipinski definition) is 5. The zero-order chi connectivity index (χ0) is 28.1. The van der Waals surface area contributed by atoms with Crippen molar-refractivity contribution in [3.05, 3.63) is 82.9 Å². The molecule has 4 N–H and O–H groups in total. The van der Waals surface area contributed by atoms with E-state index in [1.807, 2.05) is 49.4 Å². The maximum absolute atomic E-state index is 12.8. The van der Waals surface area contributed by atoms with Crippen molar-refractivity contribution in [3.8, 4) is 5.75 Å². The summed E-state index contributed by atoms with van der Waals surface area (Å²) in [5.41, 5.74) is 1.71. The van der Waals surface area contributed by atoms with Gasteiger partial charge in [-0.15, -0.1) is 0 Å². The van der Waals surface area contributed by atoms with Gasteiger partial charge in [0.15, 0.2) is 0 Å². The van der Waals surface area contributed by atoms with Gasteiger partial charge in [-0.25, -0.2) is 0 Å². The van der Waals surface area contributed by atoms with E-state index in [2.05, 4.69) is 10.6 Å². The van der Waals surface area contributed by atoms with Gasteiger partial charge in [-0.3, -0.25) is 14.4 Å². The number of ether oxygens (including phenoxy) is 1. The molecule has 0 aliphatic carbocycles. The first-order valence-corrected chi connectivity index (χ1v) is 12.7. The number of carboxylic acid groups (broad SMARTS) is 1. The summed E-state index contributed by atoms with van der Waals surface area (Å²) in [5.74, 6) is -2.53. The number of benzene rings is 2. The van der Waals surface area contributed by atoms with Gasteiger partial charge in [-0.05, 0) is 35.8 Å². The summed E-state index contributed by atoms with van der Waals surface area (Å²) in [6, 6.07) is 13.8. The zero-order valence-corrected chi connectivity index (χ0v) is 22.5. The van der Waals surface area contributed by atoms with Crippen LogP contribution < -0.4 is 15.4 Å². The summed E-state index contributed by atoms with van der Waals surface area (Å²) in [6.45, 7) is 3.28. The number of methoxy groups -OCH3 is 1. The minimum Gasteiger partial charge on any atom is -0.495 e. The van der Waals surface area contributed by atoms with E-state index < -0.39 is 35.8 Å². The molecule has 0 aliphatic heterocycles. The number of hydrogen-bond donors (Lipinski definition) is 4. The minimum absolute atomic E-state index is 0.0830. The van der Waals surface area contributed by atoms with Crippen molar-refractivity contribution in [1.29, 1.82) is 0 Å². The molecule has 2 aromatic carbocycles. The number of rotatable bonds is 14. The topological polar surface area (TPSA) is 125 Å². The zero-order valence-electron chi connectivity index (χ0n) is 21.8. The lowest BCUT2D eigenvalue weighted by Gasteiger charge is -2.19. The molecule has 0 bridgehead atoms.